The van der Waals surface area contributed by atoms with Gasteiger partial charge in [-0.15, -0.1) is 0 Å². The van der Waals surface area contributed by atoms with Gasteiger partial charge in [-0.05, 0) is 35.4 Å². The first kappa shape index (κ1) is 18.7. The van der Waals surface area contributed by atoms with Gasteiger partial charge >= 0.3 is 0 Å². The fourth-order valence-electron chi connectivity index (χ4n) is 4.95. The molecular weight excluding hydrogens is 472 g/mol. The number of benzene rings is 5. The summed E-state index contributed by atoms with van der Waals surface area (Å²) in [6.07, 6.45) is 0. The van der Waals surface area contributed by atoms with Crippen molar-refractivity contribution in [3.05, 3.63) is 108 Å². The van der Waals surface area contributed by atoms with E-state index in [-0.39, 0.29) is 0 Å². The summed E-state index contributed by atoms with van der Waals surface area (Å²) < 4.78 is 14.2. The maximum absolute atomic E-state index is 6.58. The molecular formula is C30H17BrO2. The molecule has 0 fully saturated rings. The Bertz CT molecular complexity index is 1810. The molecule has 0 saturated carbocycles. The van der Waals surface area contributed by atoms with Gasteiger partial charge in [-0.2, -0.15) is 0 Å². The molecule has 0 aliphatic heterocycles. The van der Waals surface area contributed by atoms with E-state index in [1.807, 2.05) is 36.4 Å². The molecule has 2 heterocycles. The van der Waals surface area contributed by atoms with Crippen LogP contribution < -0.4 is 0 Å². The Morgan fingerprint density at radius 3 is 1.73 bits per heavy atom. The molecule has 2 aromatic heterocycles. The molecule has 0 radical (unpaired) electrons. The minimum absolute atomic E-state index is 0.847. The van der Waals surface area contributed by atoms with Crippen LogP contribution in [-0.4, -0.2) is 0 Å². The quantitative estimate of drug-likeness (QED) is 0.242. The second-order valence-corrected chi connectivity index (χ2v) is 9.15. The smallest absolute Gasteiger partial charge is 0.147 e. The number of hydrogen-bond acceptors (Lipinski definition) is 2. The van der Waals surface area contributed by atoms with Crippen LogP contribution >= 0.6 is 15.9 Å². The van der Waals surface area contributed by atoms with Crippen molar-refractivity contribution in [1.29, 1.82) is 0 Å². The lowest BCUT2D eigenvalue weighted by Crippen LogP contribution is -1.87. The third-order valence-corrected chi connectivity index (χ3v) is 6.82. The van der Waals surface area contributed by atoms with Gasteiger partial charge in [0.15, 0.2) is 0 Å². The minimum Gasteiger partial charge on any atom is -0.455 e. The molecule has 2 nitrogen and oxygen atoms in total. The summed E-state index contributed by atoms with van der Waals surface area (Å²) in [5, 5.41) is 4.42. The zero-order valence-corrected chi connectivity index (χ0v) is 19.1. The van der Waals surface area contributed by atoms with Crippen molar-refractivity contribution in [2.45, 2.75) is 0 Å². The maximum Gasteiger partial charge on any atom is 0.147 e. The van der Waals surface area contributed by atoms with Crippen molar-refractivity contribution < 1.29 is 8.83 Å². The average molecular weight is 489 g/mol. The Morgan fingerprint density at radius 2 is 1.03 bits per heavy atom. The Balaban J connectivity index is 1.84. The standard InChI is InChI=1S/C30H17BrO2/c31-20-15-16-24-22(17-20)28-25(18-9-3-1-4-10-18)27-21-13-7-8-14-23(21)32-29(27)26(30(28)33-24)19-11-5-2-6-12-19/h1-17H. The predicted molar refractivity (Wildman–Crippen MR) is 140 cm³/mol. The lowest BCUT2D eigenvalue weighted by atomic mass is 9.90. The molecule has 0 aliphatic rings. The summed E-state index contributed by atoms with van der Waals surface area (Å²) in [7, 11) is 0. The van der Waals surface area contributed by atoms with Crippen LogP contribution in [-0.2, 0) is 0 Å². The van der Waals surface area contributed by atoms with Crippen LogP contribution in [0.5, 0.6) is 0 Å². The van der Waals surface area contributed by atoms with Crippen LogP contribution in [0, 0.1) is 0 Å². The summed E-state index contributed by atoms with van der Waals surface area (Å²) in [6.45, 7) is 0. The first-order chi connectivity index (χ1) is 16.3. The molecule has 0 amide bonds. The van der Waals surface area contributed by atoms with E-state index < -0.39 is 0 Å². The number of rotatable bonds is 2. The molecule has 7 aromatic rings. The van der Waals surface area contributed by atoms with E-state index in [2.05, 4.69) is 82.7 Å². The Morgan fingerprint density at radius 1 is 0.485 bits per heavy atom. The highest BCUT2D eigenvalue weighted by Crippen LogP contribution is 2.50. The minimum atomic E-state index is 0.847. The number of halogens is 1. The summed E-state index contributed by atoms with van der Waals surface area (Å²) in [5.41, 5.74) is 7.78. The van der Waals surface area contributed by atoms with Crippen LogP contribution in [0.4, 0.5) is 0 Å². The number of furan rings is 2. The molecule has 0 unspecified atom stereocenters. The van der Waals surface area contributed by atoms with Crippen molar-refractivity contribution in [2.24, 2.45) is 0 Å². The number of para-hydroxylation sites is 1. The van der Waals surface area contributed by atoms with Crippen molar-refractivity contribution in [1.82, 2.24) is 0 Å². The van der Waals surface area contributed by atoms with Crippen molar-refractivity contribution in [3.63, 3.8) is 0 Å². The van der Waals surface area contributed by atoms with Gasteiger partial charge in [0.1, 0.15) is 22.3 Å². The van der Waals surface area contributed by atoms with Crippen LogP contribution in [0.1, 0.15) is 0 Å². The van der Waals surface area contributed by atoms with Gasteiger partial charge in [-0.3, -0.25) is 0 Å². The SMILES string of the molecule is Brc1ccc2oc3c(-c4ccccc4)c4oc5ccccc5c4c(-c4ccccc4)c3c2c1. The van der Waals surface area contributed by atoms with E-state index in [4.69, 9.17) is 8.83 Å². The number of hydrogen-bond donors (Lipinski definition) is 0. The molecule has 156 valence electrons. The molecule has 0 aliphatic carbocycles. The molecule has 0 bridgehead atoms. The van der Waals surface area contributed by atoms with E-state index in [0.717, 1.165) is 70.6 Å². The van der Waals surface area contributed by atoms with Gasteiger partial charge in [0, 0.05) is 31.6 Å². The van der Waals surface area contributed by atoms with E-state index >= 15 is 0 Å². The van der Waals surface area contributed by atoms with Crippen molar-refractivity contribution >= 4 is 59.8 Å². The lowest BCUT2D eigenvalue weighted by Gasteiger charge is -2.11. The molecule has 7 rings (SSSR count). The zero-order chi connectivity index (χ0) is 21.9. The van der Waals surface area contributed by atoms with Crippen LogP contribution in [0.3, 0.4) is 0 Å². The predicted octanol–water partition coefficient (Wildman–Crippen LogP) is 9.58. The molecule has 0 saturated heterocycles. The fourth-order valence-corrected chi connectivity index (χ4v) is 5.31. The first-order valence-electron chi connectivity index (χ1n) is 10.9. The van der Waals surface area contributed by atoms with Crippen LogP contribution in [0.15, 0.2) is 116 Å². The average Bonchev–Trinajstić information content (AvgIpc) is 3.42. The largest absolute Gasteiger partial charge is 0.455 e. The Hall–Kier alpha value is -3.82. The van der Waals surface area contributed by atoms with E-state index in [1.165, 1.54) is 0 Å². The van der Waals surface area contributed by atoms with E-state index in [9.17, 15) is 0 Å². The normalized spacial score (nSPS) is 11.8. The van der Waals surface area contributed by atoms with Gasteiger partial charge in [0.2, 0.25) is 0 Å². The molecule has 3 heteroatoms. The van der Waals surface area contributed by atoms with Gasteiger partial charge in [-0.1, -0.05) is 94.8 Å². The van der Waals surface area contributed by atoms with E-state index in [0.29, 0.717) is 0 Å². The number of fused-ring (bicyclic) bond motifs is 6. The topological polar surface area (TPSA) is 26.3 Å². The third-order valence-electron chi connectivity index (χ3n) is 6.32. The summed E-state index contributed by atoms with van der Waals surface area (Å²) in [6, 6.07) is 35.4. The molecule has 0 N–H and O–H groups in total. The Labute approximate surface area is 198 Å². The lowest BCUT2D eigenvalue weighted by molar-refractivity contribution is 0.658. The van der Waals surface area contributed by atoms with Crippen molar-refractivity contribution in [2.75, 3.05) is 0 Å². The van der Waals surface area contributed by atoms with E-state index in [1.54, 1.807) is 0 Å². The second kappa shape index (κ2) is 7.09. The second-order valence-electron chi connectivity index (χ2n) is 8.23. The molecule has 0 spiro atoms. The highest BCUT2D eigenvalue weighted by molar-refractivity contribution is 9.10. The molecule has 0 atom stereocenters. The molecule has 5 aromatic carbocycles. The highest BCUT2D eigenvalue weighted by atomic mass is 79.9. The van der Waals surface area contributed by atoms with Crippen LogP contribution in [0.2, 0.25) is 0 Å². The summed E-state index contributed by atoms with van der Waals surface area (Å²) in [4.78, 5) is 0. The van der Waals surface area contributed by atoms with Gasteiger partial charge in [0.05, 0.1) is 5.56 Å². The van der Waals surface area contributed by atoms with Gasteiger partial charge in [0.25, 0.3) is 0 Å². The fraction of sp³-hybridized carbons (Fsp3) is 0. The third kappa shape index (κ3) is 2.73. The maximum atomic E-state index is 6.58. The van der Waals surface area contributed by atoms with Gasteiger partial charge in [-0.25, -0.2) is 0 Å². The summed E-state index contributed by atoms with van der Waals surface area (Å²) in [5.74, 6) is 0. The van der Waals surface area contributed by atoms with Crippen LogP contribution in [0.25, 0.3) is 66.1 Å². The first-order valence-corrected chi connectivity index (χ1v) is 11.7. The monoisotopic (exact) mass is 488 g/mol. The highest BCUT2D eigenvalue weighted by Gasteiger charge is 2.26. The molecule has 33 heavy (non-hydrogen) atoms. The van der Waals surface area contributed by atoms with Crippen molar-refractivity contribution in [3.8, 4) is 22.3 Å². The summed E-state index contributed by atoms with van der Waals surface area (Å²) >= 11 is 3.67. The Kier molecular flexibility index (Phi) is 4.02. The zero-order valence-electron chi connectivity index (χ0n) is 17.5. The van der Waals surface area contributed by atoms with Gasteiger partial charge < -0.3 is 8.83 Å².